The molecule has 11 heterocycles. The van der Waals surface area contributed by atoms with Crippen LogP contribution in [-0.2, 0) is 0 Å². The van der Waals surface area contributed by atoms with Crippen LogP contribution in [0.25, 0.3) is 76.3 Å². The number of rotatable bonds is 35. The van der Waals surface area contributed by atoms with E-state index in [2.05, 4.69) is 76.1 Å². The molecule has 30 nitrogen and oxygen atoms in total. The minimum Gasteiger partial charge on any atom is -0.461 e. The van der Waals surface area contributed by atoms with Crippen LogP contribution in [0.4, 0.5) is 0 Å². The molecule has 21 rings (SSSR count). The second-order valence-electron chi connectivity index (χ2n) is 34.1. The number of nitrogens with zero attached hydrogens (tertiary/aromatic N) is 8. The predicted octanol–water partition coefficient (Wildman–Crippen LogP) is 23.5. The summed E-state index contributed by atoms with van der Waals surface area (Å²) >= 11 is 1.41. The van der Waals surface area contributed by atoms with E-state index in [1.54, 1.807) is 177 Å². The molecule has 0 atom stereocenters. The average Bonchev–Trinajstić information content (AvgIpc) is 1.86. The number of H-pyrrole nitrogens is 7. The maximum absolute atomic E-state index is 12.4. The second kappa shape index (κ2) is 50.6. The maximum Gasteiger partial charge on any atom is 0.198 e. The number of hydrogen-bond donors (Lipinski definition) is 7. The minimum absolute atomic E-state index is 0.000570. The van der Waals surface area contributed by atoms with E-state index in [0.29, 0.717) is 71.8 Å². The molecule has 11 aromatic heterocycles. The number of carbonyl (C=O) groups is 14. The van der Waals surface area contributed by atoms with Gasteiger partial charge in [0.1, 0.15) is 5.69 Å². The highest BCUT2D eigenvalue weighted by molar-refractivity contribution is 7.12. The van der Waals surface area contributed by atoms with Crippen LogP contribution in [0.15, 0.2) is 345 Å². The summed E-state index contributed by atoms with van der Waals surface area (Å²) in [5.41, 5.74) is 15.5. The number of aromatic nitrogens is 15. The third-order valence-corrected chi connectivity index (χ3v) is 24.9. The van der Waals surface area contributed by atoms with Crippen molar-refractivity contribution in [1.29, 1.82) is 0 Å². The SMILES string of the molecule is Cc1cccc(C(=O)CCC(=O)c2c[nH]c3ccccc23)c1.Cc1ccccc1C(=O)CCC(=O)c1c[nH]c2ccccc12.O=C(CCC(=O)c1ccc2[nH]ncc2c1)c1ccccc1.O=C(CCC(=O)c1ccc2[nH]ncc2c1)c1cccnc1.O=C(CCC(=O)c1cccnn1)c1ccc2[nH]ncc2c1.O=C(CCC(=O)c1ccco1)c1ccc2[nH]ncc2c1.O=C(CCC(=O)c1cccs1)c1ccc2[nH]ncc2c1. The van der Waals surface area contributed by atoms with Gasteiger partial charge in [0.05, 0.1) is 69.7 Å². The highest BCUT2D eigenvalue weighted by Gasteiger charge is 2.22. The summed E-state index contributed by atoms with van der Waals surface area (Å²) in [6.45, 7) is 3.86. The Labute approximate surface area is 844 Å². The van der Waals surface area contributed by atoms with Crippen LogP contribution in [0.3, 0.4) is 0 Å². The Hall–Kier alpha value is -18.8. The van der Waals surface area contributed by atoms with E-state index in [9.17, 15) is 67.1 Å². The monoisotopic (exact) mass is 1970 g/mol. The first kappa shape index (κ1) is 103. The van der Waals surface area contributed by atoms with Gasteiger partial charge in [-0.2, -0.15) is 30.6 Å². The molecule has 0 saturated heterocycles. The Bertz CT molecular complexity index is 7840. The molecule has 10 aromatic carbocycles. The average molecular weight is 1970 g/mol. The normalized spacial score (nSPS) is 10.7. The van der Waals surface area contributed by atoms with E-state index in [0.717, 1.165) is 87.4 Å². The highest BCUT2D eigenvalue weighted by atomic mass is 32.1. The zero-order chi connectivity index (χ0) is 103. The molecule has 0 unspecified atom stereocenters. The summed E-state index contributed by atoms with van der Waals surface area (Å²) in [4.78, 5) is 180. The molecule has 0 saturated carbocycles. The van der Waals surface area contributed by atoms with Crippen molar-refractivity contribution >= 4 is 169 Å². The highest BCUT2D eigenvalue weighted by Crippen LogP contribution is 2.28. The van der Waals surface area contributed by atoms with E-state index < -0.39 is 0 Å². The van der Waals surface area contributed by atoms with Crippen molar-refractivity contribution in [2.75, 3.05) is 0 Å². The summed E-state index contributed by atoms with van der Waals surface area (Å²) in [7, 11) is 0. The van der Waals surface area contributed by atoms with Crippen LogP contribution in [-0.4, -0.2) is 157 Å². The number of aryl methyl sites for hydroxylation is 2. The Morgan fingerprint density at radius 2 is 0.639 bits per heavy atom. The molecular formula is C116H97N15O15S. The van der Waals surface area contributed by atoms with Gasteiger partial charge in [-0.25, -0.2) is 0 Å². The van der Waals surface area contributed by atoms with E-state index in [-0.39, 0.29) is 177 Å². The Morgan fingerprint density at radius 1 is 0.272 bits per heavy atom. The fourth-order valence-corrected chi connectivity index (χ4v) is 16.6. The predicted molar refractivity (Wildman–Crippen MR) is 560 cm³/mol. The van der Waals surface area contributed by atoms with Crippen molar-refractivity contribution in [2.24, 2.45) is 0 Å². The van der Waals surface area contributed by atoms with Gasteiger partial charge < -0.3 is 14.4 Å². The number of nitrogens with one attached hydrogen (secondary N) is 7. The van der Waals surface area contributed by atoms with Gasteiger partial charge in [-0.15, -0.1) is 16.4 Å². The number of thiophene rings is 1. The molecule has 732 valence electrons. The number of ketones is 14. The lowest BCUT2D eigenvalue weighted by Crippen LogP contribution is -2.07. The van der Waals surface area contributed by atoms with E-state index >= 15 is 0 Å². The topological polar surface area (TPSA) is 466 Å². The lowest BCUT2D eigenvalue weighted by molar-refractivity contribution is 0.0902. The number of aromatic amines is 7. The molecule has 21 aromatic rings. The van der Waals surface area contributed by atoms with E-state index in [1.165, 1.54) is 30.0 Å². The lowest BCUT2D eigenvalue weighted by atomic mass is 9.98. The van der Waals surface area contributed by atoms with E-state index in [4.69, 9.17) is 4.42 Å². The van der Waals surface area contributed by atoms with Crippen molar-refractivity contribution in [3.05, 3.63) is 429 Å². The number of benzene rings is 10. The number of hydrogen-bond acceptors (Lipinski definition) is 24. The Kier molecular flexibility index (Phi) is 35.3. The van der Waals surface area contributed by atoms with Crippen LogP contribution in [0.5, 0.6) is 0 Å². The van der Waals surface area contributed by atoms with Gasteiger partial charge in [-0.1, -0.05) is 121 Å². The van der Waals surface area contributed by atoms with Gasteiger partial charge in [0.15, 0.2) is 86.7 Å². The third kappa shape index (κ3) is 28.1. The number of fused-ring (bicyclic) bond motifs is 7. The molecule has 0 spiro atoms. The van der Waals surface area contributed by atoms with Crippen molar-refractivity contribution < 1.29 is 71.5 Å². The quantitative estimate of drug-likeness (QED) is 0.0181. The molecule has 7 N–H and O–H groups in total. The first-order valence-electron chi connectivity index (χ1n) is 47.2. The third-order valence-electron chi connectivity index (χ3n) is 24.0. The molecule has 0 radical (unpaired) electrons. The van der Waals surface area contributed by atoms with Gasteiger partial charge >= 0.3 is 0 Å². The molecule has 0 aliphatic rings. The van der Waals surface area contributed by atoms with Crippen LogP contribution in [0.2, 0.25) is 0 Å². The van der Waals surface area contributed by atoms with Crippen LogP contribution >= 0.6 is 11.3 Å². The molecule has 0 amide bonds. The van der Waals surface area contributed by atoms with Crippen LogP contribution in [0, 0.1) is 13.8 Å². The summed E-state index contributed by atoms with van der Waals surface area (Å²) in [6.07, 6.45) is 20.8. The lowest BCUT2D eigenvalue weighted by Gasteiger charge is -2.04. The standard InChI is InChI=1S/2C19H17NO2.C17H14N2O2.C16H13N3O2.C15H12N4O2.C15H12N2O3.C15H12N2O2S/c1-13-5-4-6-14(11-13)18(21)9-10-19(22)16-12-20-17-8-3-2-7-15(16)17;1-13-6-2-3-7-14(13)18(21)10-11-19(22)16-12-20-17-9-5-4-8-15(16)17;20-16(12-4-2-1-3-5-12)8-9-17(21)13-6-7-15-14(10-13)11-18-19-15;20-15(5-6-16(21)12-2-1-7-17-9-12)11-3-4-14-13(8-11)10-18-19-14;20-14(5-6-15(21)13-2-1-7-16-19-13)10-3-4-12-11(8-10)9-17-18-12;2*18-13(5-6-14(19)15-2-1-7-20-15)10-3-4-12-11(8-10)9-16-17-12/h2-8,11-12,20H,9-10H2,1H3;2-9,12,20H,10-11H2,1H3;1-7,10-11H,8-9H2,(H,18,19);1-4,7-10H,5-6H2,(H,18,19);1-4,7-9H,5-6H2,(H,17,18);2*1-4,7-9H,5-6H2,(H,16,17). The molecule has 0 bridgehead atoms. The number of para-hydroxylation sites is 2. The van der Waals surface area contributed by atoms with E-state index in [1.807, 2.05) is 159 Å². The summed E-state index contributed by atoms with van der Waals surface area (Å²) < 4.78 is 5.01. The van der Waals surface area contributed by atoms with Crippen LogP contribution < -0.4 is 0 Å². The number of carbonyl (C=O) groups excluding carboxylic acids is 14. The number of Topliss-reactive ketones (excluding diaryl/α,β-unsaturated/α-hetero) is 14. The minimum atomic E-state index is -0.180. The Balaban J connectivity index is 0.000000129. The summed E-state index contributed by atoms with van der Waals surface area (Å²) in [5, 5.41) is 49.3. The smallest absolute Gasteiger partial charge is 0.198 e. The summed E-state index contributed by atoms with van der Waals surface area (Å²) in [6, 6.07) is 79.7. The first-order valence-corrected chi connectivity index (χ1v) is 48.0. The van der Waals surface area contributed by atoms with Gasteiger partial charge in [-0.3, -0.25) is 97.6 Å². The molecule has 31 heteroatoms. The fourth-order valence-electron chi connectivity index (χ4n) is 15.9. The fraction of sp³-hybridized carbons (Fsp3) is 0.138. The molecule has 0 aliphatic carbocycles. The van der Waals surface area contributed by atoms with Gasteiger partial charge in [0.25, 0.3) is 0 Å². The molecular weight excluding hydrogens is 1880 g/mol. The van der Waals surface area contributed by atoms with Crippen LogP contribution in [0.1, 0.15) is 246 Å². The van der Waals surface area contributed by atoms with Gasteiger partial charge in [0, 0.05) is 231 Å². The number of pyridine rings is 1. The molecule has 147 heavy (non-hydrogen) atoms. The zero-order valence-electron chi connectivity index (χ0n) is 79.8. The van der Waals surface area contributed by atoms with Gasteiger partial charge in [-0.05, 0) is 176 Å². The van der Waals surface area contributed by atoms with Gasteiger partial charge in [0.2, 0.25) is 0 Å². The Morgan fingerprint density at radius 3 is 1.04 bits per heavy atom. The van der Waals surface area contributed by atoms with Crippen molar-refractivity contribution in [3.8, 4) is 0 Å². The van der Waals surface area contributed by atoms with Crippen molar-refractivity contribution in [1.82, 2.24) is 76.1 Å². The largest absolute Gasteiger partial charge is 0.461 e. The second-order valence-corrected chi connectivity index (χ2v) is 35.1. The number of furan rings is 1. The zero-order valence-corrected chi connectivity index (χ0v) is 80.7. The molecule has 0 fully saturated rings. The molecule has 0 aliphatic heterocycles. The van der Waals surface area contributed by atoms with Crippen molar-refractivity contribution in [2.45, 2.75) is 104 Å². The van der Waals surface area contributed by atoms with Crippen molar-refractivity contribution in [3.63, 3.8) is 0 Å². The first-order chi connectivity index (χ1) is 71.5. The summed E-state index contributed by atoms with van der Waals surface area (Å²) in [5.74, 6) is -0.288. The maximum atomic E-state index is 12.4.